The number of sulfonamides is 1. The molecule has 0 radical (unpaired) electrons. The number of nitrogens with two attached hydrogens (primary N) is 1. The molecule has 1 amide bonds. The van der Waals surface area contributed by atoms with Gasteiger partial charge in [-0.3, -0.25) is 10.2 Å². The summed E-state index contributed by atoms with van der Waals surface area (Å²) in [5, 5.41) is 17.5. The third-order valence-electron chi connectivity index (χ3n) is 7.06. The maximum Gasteiger partial charge on any atom is 0.326 e. The minimum Gasteiger partial charge on any atom is -0.480 e. The second-order valence-electron chi connectivity index (χ2n) is 10.0. The Kier molecular flexibility index (Phi) is 8.00. The monoisotopic (exact) mass is 539 g/mol. The highest BCUT2D eigenvalue weighted by Crippen LogP contribution is 2.24. The van der Waals surface area contributed by atoms with E-state index in [1.165, 1.54) is 11.0 Å². The molecule has 2 heterocycles. The fourth-order valence-corrected chi connectivity index (χ4v) is 6.16. The van der Waals surface area contributed by atoms with E-state index in [1.807, 2.05) is 13.1 Å². The van der Waals surface area contributed by atoms with Crippen LogP contribution in [0.25, 0.3) is 0 Å². The second-order valence-corrected chi connectivity index (χ2v) is 11.7. The number of benzene rings is 2. The van der Waals surface area contributed by atoms with Gasteiger partial charge < -0.3 is 20.6 Å². The standard InChI is InChI=1S/C27H33N5O5S/c1-17-8-11-32(24(12-17)27(34)35)26(33)23(14-18-4-3-5-20(13-18)25(28)29)30-38(36,37)22-7-6-19-9-10-31(2)16-21(19)15-22/h3-8,13,15,23-24,30H,9-12,14,16H2,1-2H3,(H3,28,29)(H,34,35)/t23-,24?/m0/s1. The molecule has 2 aliphatic heterocycles. The van der Waals surface area contributed by atoms with Gasteiger partial charge in [-0.25, -0.2) is 13.2 Å². The van der Waals surface area contributed by atoms with Crippen LogP contribution < -0.4 is 10.5 Å². The third kappa shape index (κ3) is 6.12. The molecule has 0 aliphatic carbocycles. The smallest absolute Gasteiger partial charge is 0.326 e. The molecule has 2 atom stereocenters. The minimum absolute atomic E-state index is 0.0433. The summed E-state index contributed by atoms with van der Waals surface area (Å²) in [6.07, 6.45) is 2.72. The van der Waals surface area contributed by atoms with E-state index in [-0.39, 0.29) is 30.1 Å². The first-order valence-corrected chi connectivity index (χ1v) is 13.9. The number of nitrogen functional groups attached to an aromatic ring is 1. The Hall–Kier alpha value is -3.54. The topological polar surface area (TPSA) is 157 Å². The van der Waals surface area contributed by atoms with Crippen molar-refractivity contribution in [2.45, 2.75) is 49.7 Å². The van der Waals surface area contributed by atoms with E-state index in [0.717, 1.165) is 29.7 Å². The number of aliphatic carboxylic acids is 1. The largest absolute Gasteiger partial charge is 0.480 e. The van der Waals surface area contributed by atoms with Crippen molar-refractivity contribution in [2.75, 3.05) is 20.1 Å². The molecule has 11 heteroatoms. The van der Waals surface area contributed by atoms with Gasteiger partial charge in [0.15, 0.2) is 0 Å². The van der Waals surface area contributed by atoms with Gasteiger partial charge in [0.25, 0.3) is 0 Å². The van der Waals surface area contributed by atoms with Crippen LogP contribution in [0.2, 0.25) is 0 Å². The number of carbonyl (C=O) groups excluding carboxylic acids is 1. The predicted octanol–water partition coefficient (Wildman–Crippen LogP) is 1.48. The van der Waals surface area contributed by atoms with Crippen LogP contribution in [0.3, 0.4) is 0 Å². The molecule has 38 heavy (non-hydrogen) atoms. The van der Waals surface area contributed by atoms with Crippen LogP contribution in [0.1, 0.15) is 35.6 Å². The van der Waals surface area contributed by atoms with E-state index in [9.17, 15) is 23.1 Å². The van der Waals surface area contributed by atoms with Crippen molar-refractivity contribution < 1.29 is 23.1 Å². The number of rotatable bonds is 8. The van der Waals surface area contributed by atoms with Crippen LogP contribution >= 0.6 is 0 Å². The third-order valence-corrected chi connectivity index (χ3v) is 8.53. The highest BCUT2D eigenvalue weighted by molar-refractivity contribution is 7.89. The molecular weight excluding hydrogens is 506 g/mol. The van der Waals surface area contributed by atoms with E-state index in [4.69, 9.17) is 11.1 Å². The molecule has 2 aromatic carbocycles. The molecule has 0 fully saturated rings. The number of hydrogen-bond donors (Lipinski definition) is 4. The van der Waals surface area contributed by atoms with Crippen molar-refractivity contribution in [3.05, 3.63) is 76.4 Å². The number of carboxylic acids is 1. The summed E-state index contributed by atoms with van der Waals surface area (Å²) in [4.78, 5) is 29.1. The Balaban J connectivity index is 1.68. The molecule has 2 aliphatic rings. The lowest BCUT2D eigenvalue weighted by atomic mass is 9.98. The zero-order valence-electron chi connectivity index (χ0n) is 21.5. The lowest BCUT2D eigenvalue weighted by Gasteiger charge is -2.34. The van der Waals surface area contributed by atoms with Crippen LogP contribution in [-0.2, 0) is 39.0 Å². The van der Waals surface area contributed by atoms with Crippen LogP contribution in [0.4, 0.5) is 0 Å². The van der Waals surface area contributed by atoms with Crippen molar-refractivity contribution in [1.29, 1.82) is 5.41 Å². The van der Waals surface area contributed by atoms with Crippen molar-refractivity contribution in [3.8, 4) is 0 Å². The normalized spacial score (nSPS) is 18.8. The van der Waals surface area contributed by atoms with E-state index in [1.54, 1.807) is 43.3 Å². The summed E-state index contributed by atoms with van der Waals surface area (Å²) in [6, 6.07) is 9.28. The van der Waals surface area contributed by atoms with Crippen LogP contribution in [0, 0.1) is 5.41 Å². The van der Waals surface area contributed by atoms with Crippen LogP contribution in [-0.4, -0.2) is 73.3 Å². The SMILES string of the molecule is CC1=CCN(C(=O)[C@H](Cc2cccc(C(=N)N)c2)NS(=O)(=O)c2ccc3c(c2)CN(C)CC3)C(C(=O)O)C1. The number of likely N-dealkylation sites (N-methyl/N-ethyl adjacent to an activating group) is 1. The minimum atomic E-state index is -4.13. The zero-order chi connectivity index (χ0) is 27.6. The summed E-state index contributed by atoms with van der Waals surface area (Å²) in [5.41, 5.74) is 9.51. The summed E-state index contributed by atoms with van der Waals surface area (Å²) >= 11 is 0. The van der Waals surface area contributed by atoms with Crippen LogP contribution in [0.15, 0.2) is 59.0 Å². The Morgan fingerprint density at radius 1 is 1.21 bits per heavy atom. The van der Waals surface area contributed by atoms with Gasteiger partial charge in [0.1, 0.15) is 17.9 Å². The fourth-order valence-electron chi connectivity index (χ4n) is 4.92. The van der Waals surface area contributed by atoms with Gasteiger partial charge in [0, 0.05) is 25.2 Å². The highest BCUT2D eigenvalue weighted by Gasteiger charge is 2.37. The molecule has 1 unspecified atom stereocenters. The van der Waals surface area contributed by atoms with Gasteiger partial charge in [-0.05, 0) is 68.1 Å². The number of fused-ring (bicyclic) bond motifs is 1. The number of nitrogens with one attached hydrogen (secondary N) is 2. The maximum absolute atomic E-state index is 13.8. The second kappa shape index (κ2) is 11.1. The summed E-state index contributed by atoms with van der Waals surface area (Å²) < 4.78 is 29.7. The van der Waals surface area contributed by atoms with E-state index in [0.29, 0.717) is 17.7 Å². The Morgan fingerprint density at radius 2 is 1.97 bits per heavy atom. The lowest BCUT2D eigenvalue weighted by Crippen LogP contribution is -2.55. The number of nitrogens with zero attached hydrogens (tertiary/aromatic N) is 2. The number of amides is 1. The highest BCUT2D eigenvalue weighted by atomic mass is 32.2. The van der Waals surface area contributed by atoms with Gasteiger partial charge in [-0.15, -0.1) is 0 Å². The quantitative estimate of drug-likeness (QED) is 0.225. The fraction of sp³-hybridized carbons (Fsp3) is 0.370. The van der Waals surface area contributed by atoms with Gasteiger partial charge in [-0.1, -0.05) is 35.9 Å². The van der Waals surface area contributed by atoms with Crippen molar-refractivity contribution in [2.24, 2.45) is 5.73 Å². The number of carbonyl (C=O) groups is 2. The first kappa shape index (κ1) is 27.5. The lowest BCUT2D eigenvalue weighted by molar-refractivity contribution is -0.150. The predicted molar refractivity (Wildman–Crippen MR) is 143 cm³/mol. The molecule has 4 rings (SSSR count). The maximum atomic E-state index is 13.8. The summed E-state index contributed by atoms with van der Waals surface area (Å²) in [6.45, 7) is 3.39. The molecule has 0 aromatic heterocycles. The number of carboxylic acid groups (broad SMARTS) is 1. The molecule has 0 saturated heterocycles. The molecule has 202 valence electrons. The number of amidine groups is 1. The summed E-state index contributed by atoms with van der Waals surface area (Å²) in [5.74, 6) is -1.93. The Labute approximate surface area is 222 Å². The first-order valence-electron chi connectivity index (χ1n) is 12.4. The van der Waals surface area contributed by atoms with E-state index >= 15 is 0 Å². The molecule has 0 saturated carbocycles. The Bertz CT molecular complexity index is 1400. The van der Waals surface area contributed by atoms with Gasteiger partial charge in [0.05, 0.1) is 4.90 Å². The van der Waals surface area contributed by atoms with E-state index < -0.39 is 34.0 Å². The van der Waals surface area contributed by atoms with Gasteiger partial charge >= 0.3 is 5.97 Å². The first-order chi connectivity index (χ1) is 17.9. The molecule has 5 N–H and O–H groups in total. The van der Waals surface area contributed by atoms with Crippen molar-refractivity contribution >= 4 is 27.7 Å². The molecule has 2 aromatic rings. The average Bonchev–Trinajstić information content (AvgIpc) is 2.87. The zero-order valence-corrected chi connectivity index (χ0v) is 22.3. The molecular formula is C27H33N5O5S. The van der Waals surface area contributed by atoms with Crippen molar-refractivity contribution in [3.63, 3.8) is 0 Å². The Morgan fingerprint density at radius 3 is 2.68 bits per heavy atom. The average molecular weight is 540 g/mol. The molecule has 0 bridgehead atoms. The van der Waals surface area contributed by atoms with Gasteiger partial charge in [0.2, 0.25) is 15.9 Å². The number of hydrogen-bond acceptors (Lipinski definition) is 6. The molecule has 10 nitrogen and oxygen atoms in total. The molecule has 0 spiro atoms. The van der Waals surface area contributed by atoms with E-state index in [2.05, 4.69) is 9.62 Å². The summed E-state index contributed by atoms with van der Waals surface area (Å²) in [7, 11) is -2.16. The van der Waals surface area contributed by atoms with Gasteiger partial charge in [-0.2, -0.15) is 4.72 Å². The van der Waals surface area contributed by atoms with Crippen LogP contribution in [0.5, 0.6) is 0 Å². The van der Waals surface area contributed by atoms with Crippen molar-refractivity contribution in [1.82, 2.24) is 14.5 Å².